The van der Waals surface area contributed by atoms with Gasteiger partial charge in [-0.05, 0) is 36.7 Å². The molecule has 148 valence electrons. The van der Waals surface area contributed by atoms with Crippen LogP contribution in [0.5, 0.6) is 0 Å². The van der Waals surface area contributed by atoms with E-state index in [1.54, 1.807) is 17.1 Å². The fraction of sp³-hybridized carbons (Fsp3) is 0.238. The van der Waals surface area contributed by atoms with E-state index in [0.717, 1.165) is 29.7 Å². The van der Waals surface area contributed by atoms with Crippen LogP contribution in [0.1, 0.15) is 17.5 Å². The van der Waals surface area contributed by atoms with E-state index in [0.29, 0.717) is 28.9 Å². The summed E-state index contributed by atoms with van der Waals surface area (Å²) in [7, 11) is 1.85. The molecule has 0 spiro atoms. The monoisotopic (exact) mass is 406 g/mol. The third-order valence-electron chi connectivity index (χ3n) is 4.42. The number of carbonyl (C=O) groups is 1. The van der Waals surface area contributed by atoms with Gasteiger partial charge in [0.2, 0.25) is 5.91 Å². The zero-order valence-electron chi connectivity index (χ0n) is 16.1. The molecule has 1 amide bonds. The van der Waals surface area contributed by atoms with Gasteiger partial charge in [-0.15, -0.1) is 0 Å². The number of carbonyl (C=O) groups excluding carboxylic acids is 1. The van der Waals surface area contributed by atoms with E-state index in [1.165, 1.54) is 0 Å². The second kappa shape index (κ2) is 9.78. The molecular formula is C21H22N6OS. The quantitative estimate of drug-likeness (QED) is 0.394. The summed E-state index contributed by atoms with van der Waals surface area (Å²) in [6, 6.07) is 11.5. The summed E-state index contributed by atoms with van der Waals surface area (Å²) in [5.41, 5.74) is 4.24. The Kier molecular flexibility index (Phi) is 6.89. The second-order valence-corrected chi connectivity index (χ2v) is 7.05. The zero-order chi connectivity index (χ0) is 20.6. The average molecular weight is 407 g/mol. The molecule has 0 aliphatic rings. The van der Waals surface area contributed by atoms with E-state index < -0.39 is 0 Å². The van der Waals surface area contributed by atoms with Crippen LogP contribution in [0, 0.1) is 16.0 Å². The van der Waals surface area contributed by atoms with Gasteiger partial charge in [0, 0.05) is 43.5 Å². The third-order valence-corrected chi connectivity index (χ3v) is 4.76. The van der Waals surface area contributed by atoms with Crippen LogP contribution in [-0.2, 0) is 18.3 Å². The van der Waals surface area contributed by atoms with Crippen molar-refractivity contribution in [2.24, 2.45) is 7.05 Å². The zero-order valence-corrected chi connectivity index (χ0v) is 16.9. The molecule has 2 heterocycles. The summed E-state index contributed by atoms with van der Waals surface area (Å²) in [4.78, 5) is 15.3. The first-order chi connectivity index (χ1) is 14.0. The van der Waals surface area contributed by atoms with Gasteiger partial charge in [0.15, 0.2) is 0 Å². The lowest BCUT2D eigenvalue weighted by Gasteiger charge is -2.08. The lowest BCUT2D eigenvalue weighted by molar-refractivity contribution is -0.116. The highest BCUT2D eigenvalue weighted by Crippen LogP contribution is 2.21. The number of nitrogens with zero attached hydrogens (tertiary/aromatic N) is 3. The Morgan fingerprint density at radius 2 is 2.07 bits per heavy atom. The third kappa shape index (κ3) is 5.85. The van der Waals surface area contributed by atoms with Crippen molar-refractivity contribution in [2.75, 3.05) is 18.4 Å². The van der Waals surface area contributed by atoms with Crippen molar-refractivity contribution in [3.63, 3.8) is 0 Å². The molecule has 29 heavy (non-hydrogen) atoms. The van der Waals surface area contributed by atoms with E-state index in [-0.39, 0.29) is 5.91 Å². The molecule has 0 aliphatic heterocycles. The summed E-state index contributed by atoms with van der Waals surface area (Å²) < 4.78 is 2.21. The number of nitrogens with one attached hydrogen (secondary N) is 3. The summed E-state index contributed by atoms with van der Waals surface area (Å²) in [5.74, 6) is -0.0984. The van der Waals surface area contributed by atoms with Crippen molar-refractivity contribution in [3.05, 3.63) is 64.7 Å². The van der Waals surface area contributed by atoms with Crippen molar-refractivity contribution in [3.8, 4) is 17.2 Å². The first-order valence-electron chi connectivity index (χ1n) is 9.26. The molecule has 0 aliphatic carbocycles. The summed E-state index contributed by atoms with van der Waals surface area (Å²) in [6.45, 7) is 1.33. The molecule has 0 saturated heterocycles. The molecule has 2 aromatic heterocycles. The lowest BCUT2D eigenvalue weighted by Crippen LogP contribution is -2.23. The number of nitriles is 1. The molecule has 0 atom stereocenters. The highest BCUT2D eigenvalue weighted by Gasteiger charge is 2.07. The smallest absolute Gasteiger partial charge is 0.225 e. The van der Waals surface area contributed by atoms with Gasteiger partial charge in [-0.3, -0.25) is 9.48 Å². The first kappa shape index (κ1) is 20.5. The van der Waals surface area contributed by atoms with Crippen molar-refractivity contribution in [1.82, 2.24) is 20.1 Å². The minimum Gasteiger partial charge on any atom is -0.351 e. The minimum absolute atomic E-state index is 0.0984. The predicted octanol–water partition coefficient (Wildman–Crippen LogP) is 3.18. The number of aryl methyl sites for hydroxylation is 1. The predicted molar refractivity (Wildman–Crippen MR) is 115 cm³/mol. The Morgan fingerprint density at radius 3 is 2.76 bits per heavy atom. The second-order valence-electron chi connectivity index (χ2n) is 6.64. The number of benzene rings is 1. The standard InChI is InChI=1S/C21H22N6OS/c1-27-14-18(13-25-27)17-10-19(21(29)24-12-17)26-20(28)7-9-23-8-6-15-2-4-16(11-22)5-3-15/h2-5,10,12-14,23H,6-9H2,1H3,(H,24,29)(H,26,28). The number of aromatic amines is 1. The molecular weight excluding hydrogens is 384 g/mol. The van der Waals surface area contributed by atoms with Gasteiger partial charge < -0.3 is 15.6 Å². The van der Waals surface area contributed by atoms with Crippen LogP contribution in [0.4, 0.5) is 5.69 Å². The fourth-order valence-electron chi connectivity index (χ4n) is 2.83. The molecule has 0 fully saturated rings. The number of anilines is 1. The van der Waals surface area contributed by atoms with Crippen molar-refractivity contribution in [2.45, 2.75) is 12.8 Å². The Balaban J connectivity index is 1.45. The van der Waals surface area contributed by atoms with E-state index in [2.05, 4.69) is 26.8 Å². The van der Waals surface area contributed by atoms with E-state index in [9.17, 15) is 4.79 Å². The van der Waals surface area contributed by atoms with Gasteiger partial charge in [0.05, 0.1) is 23.5 Å². The fourth-order valence-corrected chi connectivity index (χ4v) is 3.00. The SMILES string of the molecule is Cn1cc(-c2c[nH]c(=S)c(NC(=O)CCNCCc3ccc(C#N)cc3)c2)cn1. The maximum Gasteiger partial charge on any atom is 0.225 e. The van der Waals surface area contributed by atoms with Gasteiger partial charge in [-0.2, -0.15) is 10.4 Å². The molecule has 3 aromatic rings. The van der Waals surface area contributed by atoms with Gasteiger partial charge >= 0.3 is 0 Å². The topological polar surface area (TPSA) is 98.5 Å². The molecule has 3 N–H and O–H groups in total. The summed E-state index contributed by atoms with van der Waals surface area (Å²) in [6.07, 6.45) is 6.65. The van der Waals surface area contributed by atoms with Crippen LogP contribution >= 0.6 is 12.2 Å². The van der Waals surface area contributed by atoms with Crippen LogP contribution in [0.2, 0.25) is 0 Å². The number of H-pyrrole nitrogens is 1. The van der Waals surface area contributed by atoms with Crippen LogP contribution in [0.25, 0.3) is 11.1 Å². The Bertz CT molecular complexity index is 1080. The Morgan fingerprint density at radius 1 is 1.28 bits per heavy atom. The summed E-state index contributed by atoms with van der Waals surface area (Å²) in [5, 5.41) is 19.1. The maximum atomic E-state index is 12.3. The number of hydrogen-bond acceptors (Lipinski definition) is 5. The molecule has 0 saturated carbocycles. The number of rotatable bonds is 8. The maximum absolute atomic E-state index is 12.3. The Labute approximate surface area is 174 Å². The van der Waals surface area contributed by atoms with E-state index in [4.69, 9.17) is 17.5 Å². The Hall–Kier alpha value is -3.28. The van der Waals surface area contributed by atoms with Crippen molar-refractivity contribution < 1.29 is 4.79 Å². The van der Waals surface area contributed by atoms with Crippen LogP contribution in [0.15, 0.2) is 48.9 Å². The van der Waals surface area contributed by atoms with Crippen molar-refractivity contribution in [1.29, 1.82) is 5.26 Å². The van der Waals surface area contributed by atoms with Gasteiger partial charge in [0.25, 0.3) is 0 Å². The van der Waals surface area contributed by atoms with Crippen LogP contribution < -0.4 is 10.6 Å². The minimum atomic E-state index is -0.0984. The highest BCUT2D eigenvalue weighted by atomic mass is 32.1. The van der Waals surface area contributed by atoms with E-state index in [1.807, 2.05) is 43.6 Å². The molecule has 0 radical (unpaired) electrons. The van der Waals surface area contributed by atoms with Crippen LogP contribution in [-0.4, -0.2) is 33.8 Å². The number of amides is 1. The van der Waals surface area contributed by atoms with Gasteiger partial charge in [-0.25, -0.2) is 0 Å². The number of hydrogen-bond donors (Lipinski definition) is 3. The molecule has 0 bridgehead atoms. The average Bonchev–Trinajstić information content (AvgIpc) is 3.16. The van der Waals surface area contributed by atoms with Gasteiger partial charge in [-0.1, -0.05) is 24.4 Å². The number of pyridine rings is 1. The molecule has 8 heteroatoms. The lowest BCUT2D eigenvalue weighted by atomic mass is 10.1. The molecule has 3 rings (SSSR count). The van der Waals surface area contributed by atoms with Crippen LogP contribution in [0.3, 0.4) is 0 Å². The first-order valence-corrected chi connectivity index (χ1v) is 9.67. The van der Waals surface area contributed by atoms with Gasteiger partial charge in [0.1, 0.15) is 4.64 Å². The largest absolute Gasteiger partial charge is 0.351 e. The molecule has 0 unspecified atom stereocenters. The summed E-state index contributed by atoms with van der Waals surface area (Å²) >= 11 is 5.28. The highest BCUT2D eigenvalue weighted by molar-refractivity contribution is 7.71. The molecule has 7 nitrogen and oxygen atoms in total. The van der Waals surface area contributed by atoms with E-state index >= 15 is 0 Å². The molecule has 1 aromatic carbocycles. The number of aromatic nitrogens is 3. The normalized spacial score (nSPS) is 10.5. The van der Waals surface area contributed by atoms with Crippen molar-refractivity contribution >= 4 is 23.8 Å².